The monoisotopic (exact) mass is 286 g/mol. The van der Waals surface area contributed by atoms with Crippen molar-refractivity contribution < 1.29 is 0 Å². The molecule has 0 radical (unpaired) electrons. The van der Waals surface area contributed by atoms with E-state index in [4.69, 9.17) is 0 Å². The predicted octanol–water partition coefficient (Wildman–Crippen LogP) is 1.83. The number of imidazole rings is 1. The Balaban J connectivity index is 1.94. The summed E-state index contributed by atoms with van der Waals surface area (Å²) in [6.07, 6.45) is 7.43. The van der Waals surface area contributed by atoms with Crippen molar-refractivity contribution in [1.82, 2.24) is 29.1 Å². The van der Waals surface area contributed by atoms with Gasteiger partial charge < -0.3 is 4.98 Å². The minimum atomic E-state index is -0.250. The first-order valence-electron chi connectivity index (χ1n) is 7.61. The second kappa shape index (κ2) is 4.68. The number of aryl methyl sites for hydroxylation is 1. The first-order chi connectivity index (χ1) is 10.3. The number of hydrogen-bond donors (Lipinski definition) is 1. The summed E-state index contributed by atoms with van der Waals surface area (Å²) in [6.45, 7) is 2.88. The van der Waals surface area contributed by atoms with Gasteiger partial charge in [-0.05, 0) is 19.3 Å². The predicted molar refractivity (Wildman–Crippen MR) is 78.4 cm³/mol. The molecule has 110 valence electrons. The van der Waals surface area contributed by atoms with Crippen molar-refractivity contribution in [3.8, 4) is 0 Å². The third-order valence-corrected chi connectivity index (χ3v) is 4.28. The molecule has 7 nitrogen and oxygen atoms in total. The fraction of sp³-hybridized carbons (Fsp3) is 0.571. The second-order valence-electron chi connectivity index (χ2n) is 5.76. The van der Waals surface area contributed by atoms with E-state index in [0.29, 0.717) is 22.9 Å². The van der Waals surface area contributed by atoms with Crippen LogP contribution in [-0.4, -0.2) is 29.1 Å². The van der Waals surface area contributed by atoms with Crippen LogP contribution in [0.15, 0.2) is 11.1 Å². The lowest BCUT2D eigenvalue weighted by Gasteiger charge is -2.02. The van der Waals surface area contributed by atoms with Gasteiger partial charge in [0.25, 0.3) is 0 Å². The standard InChI is InChI=1S/C14H18N6O/c1-2-7-19-8-15-20-12-10(13(21)18-14(19)20)16-11(17-12)9-5-3-4-6-9/h8-9H,2-7H2,1H3,(H,16,17). The zero-order valence-corrected chi connectivity index (χ0v) is 12.0. The number of fused-ring (bicyclic) bond motifs is 3. The van der Waals surface area contributed by atoms with Crippen LogP contribution < -0.4 is 5.56 Å². The Hall–Kier alpha value is -2.18. The van der Waals surface area contributed by atoms with Gasteiger partial charge in [0.05, 0.1) is 0 Å². The van der Waals surface area contributed by atoms with Gasteiger partial charge in [0.15, 0.2) is 11.2 Å². The van der Waals surface area contributed by atoms with Gasteiger partial charge in [-0.2, -0.15) is 14.6 Å². The second-order valence-corrected chi connectivity index (χ2v) is 5.76. The van der Waals surface area contributed by atoms with Gasteiger partial charge in [0, 0.05) is 12.5 Å². The lowest BCUT2D eigenvalue weighted by molar-refractivity contribution is 0.680. The number of nitrogens with zero attached hydrogens (tertiary/aromatic N) is 5. The highest BCUT2D eigenvalue weighted by Gasteiger charge is 2.22. The average Bonchev–Trinajstić information content (AvgIpc) is 3.16. The van der Waals surface area contributed by atoms with Crippen molar-refractivity contribution in [1.29, 1.82) is 0 Å². The van der Waals surface area contributed by atoms with Crippen LogP contribution in [0.3, 0.4) is 0 Å². The Bertz CT molecular complexity index is 851. The number of nitrogens with one attached hydrogen (secondary N) is 1. The zero-order chi connectivity index (χ0) is 14.4. The summed E-state index contributed by atoms with van der Waals surface area (Å²) >= 11 is 0. The molecule has 0 saturated heterocycles. The van der Waals surface area contributed by atoms with Crippen molar-refractivity contribution in [2.45, 2.75) is 51.5 Å². The molecule has 1 aliphatic carbocycles. The molecule has 0 bridgehead atoms. The summed E-state index contributed by atoms with van der Waals surface area (Å²) in [7, 11) is 0. The van der Waals surface area contributed by atoms with Crippen LogP contribution >= 0.6 is 0 Å². The molecule has 1 aliphatic rings. The third-order valence-electron chi connectivity index (χ3n) is 4.28. The molecule has 0 spiro atoms. The van der Waals surface area contributed by atoms with E-state index < -0.39 is 0 Å². The molecular weight excluding hydrogens is 268 g/mol. The van der Waals surface area contributed by atoms with E-state index in [9.17, 15) is 4.79 Å². The van der Waals surface area contributed by atoms with Crippen molar-refractivity contribution in [3.63, 3.8) is 0 Å². The fourth-order valence-corrected chi connectivity index (χ4v) is 3.22. The van der Waals surface area contributed by atoms with Gasteiger partial charge in [-0.15, -0.1) is 0 Å². The van der Waals surface area contributed by atoms with Gasteiger partial charge in [-0.1, -0.05) is 19.8 Å². The molecule has 1 saturated carbocycles. The van der Waals surface area contributed by atoms with E-state index in [1.807, 2.05) is 4.57 Å². The Labute approximate surface area is 121 Å². The van der Waals surface area contributed by atoms with E-state index >= 15 is 0 Å². The van der Waals surface area contributed by atoms with Gasteiger partial charge in [0.2, 0.25) is 5.78 Å². The maximum Gasteiger partial charge on any atom is 0.300 e. The molecule has 21 heavy (non-hydrogen) atoms. The number of H-pyrrole nitrogens is 1. The quantitative estimate of drug-likeness (QED) is 0.796. The first kappa shape index (κ1) is 12.6. The summed E-state index contributed by atoms with van der Waals surface area (Å²) < 4.78 is 3.56. The highest BCUT2D eigenvalue weighted by molar-refractivity contribution is 5.72. The van der Waals surface area contributed by atoms with Gasteiger partial charge in [-0.3, -0.25) is 9.36 Å². The smallest absolute Gasteiger partial charge is 0.300 e. The van der Waals surface area contributed by atoms with Gasteiger partial charge >= 0.3 is 5.56 Å². The lowest BCUT2D eigenvalue weighted by Crippen LogP contribution is -2.12. The Morgan fingerprint density at radius 1 is 1.33 bits per heavy atom. The largest absolute Gasteiger partial charge is 0.336 e. The van der Waals surface area contributed by atoms with E-state index in [2.05, 4.69) is 27.0 Å². The summed E-state index contributed by atoms with van der Waals surface area (Å²) in [5.41, 5.74) is 0.817. The molecule has 1 fully saturated rings. The minimum absolute atomic E-state index is 0.250. The molecule has 7 heteroatoms. The molecule has 1 N–H and O–H groups in total. The van der Waals surface area contributed by atoms with E-state index in [1.165, 1.54) is 12.8 Å². The van der Waals surface area contributed by atoms with Crippen LogP contribution in [0, 0.1) is 0 Å². The molecule has 0 atom stereocenters. The van der Waals surface area contributed by atoms with Crippen LogP contribution in [-0.2, 0) is 6.54 Å². The molecule has 0 unspecified atom stereocenters. The normalized spacial score (nSPS) is 16.4. The maximum atomic E-state index is 12.2. The Morgan fingerprint density at radius 3 is 2.90 bits per heavy atom. The SMILES string of the molecule is CCCn1cnn2c3nc(C4CCCC4)[nH]c3c(=O)nc12. The topological polar surface area (TPSA) is 80.9 Å². The lowest BCUT2D eigenvalue weighted by atomic mass is 10.1. The first-order valence-corrected chi connectivity index (χ1v) is 7.61. The molecule has 4 rings (SSSR count). The Kier molecular flexibility index (Phi) is 2.80. The fourth-order valence-electron chi connectivity index (χ4n) is 3.22. The van der Waals surface area contributed by atoms with E-state index in [-0.39, 0.29) is 5.56 Å². The Morgan fingerprint density at radius 2 is 2.14 bits per heavy atom. The number of rotatable bonds is 3. The van der Waals surface area contributed by atoms with Crippen LogP contribution in [0.25, 0.3) is 16.9 Å². The third kappa shape index (κ3) is 1.87. The molecule has 3 aromatic heterocycles. The summed E-state index contributed by atoms with van der Waals surface area (Å²) in [5, 5.41) is 4.34. The molecule has 3 aromatic rings. The number of aromatic nitrogens is 6. The van der Waals surface area contributed by atoms with Crippen molar-refractivity contribution in [2.75, 3.05) is 0 Å². The van der Waals surface area contributed by atoms with Crippen LogP contribution in [0.4, 0.5) is 0 Å². The average molecular weight is 286 g/mol. The van der Waals surface area contributed by atoms with Crippen molar-refractivity contribution >= 4 is 16.9 Å². The van der Waals surface area contributed by atoms with E-state index in [0.717, 1.165) is 31.6 Å². The maximum absolute atomic E-state index is 12.2. The molecule has 0 amide bonds. The molecule has 0 aliphatic heterocycles. The summed E-state index contributed by atoms with van der Waals surface area (Å²) in [5.74, 6) is 1.91. The highest BCUT2D eigenvalue weighted by Crippen LogP contribution is 2.32. The van der Waals surface area contributed by atoms with Gasteiger partial charge in [-0.25, -0.2) is 4.98 Å². The van der Waals surface area contributed by atoms with Gasteiger partial charge in [0.1, 0.15) is 12.2 Å². The minimum Gasteiger partial charge on any atom is -0.336 e. The van der Waals surface area contributed by atoms with Crippen molar-refractivity contribution in [2.24, 2.45) is 0 Å². The zero-order valence-electron chi connectivity index (χ0n) is 12.0. The number of hydrogen-bond acceptors (Lipinski definition) is 4. The highest BCUT2D eigenvalue weighted by atomic mass is 16.1. The molecule has 0 aromatic carbocycles. The molecule has 3 heterocycles. The van der Waals surface area contributed by atoms with Crippen LogP contribution in [0.5, 0.6) is 0 Å². The van der Waals surface area contributed by atoms with Crippen LogP contribution in [0.1, 0.15) is 50.8 Å². The van der Waals surface area contributed by atoms with E-state index in [1.54, 1.807) is 10.8 Å². The van der Waals surface area contributed by atoms with Crippen molar-refractivity contribution in [3.05, 3.63) is 22.5 Å². The summed E-state index contributed by atoms with van der Waals surface area (Å²) in [4.78, 5) is 24.2. The summed E-state index contributed by atoms with van der Waals surface area (Å²) in [6, 6.07) is 0. The number of aromatic amines is 1. The van der Waals surface area contributed by atoms with Crippen LogP contribution in [0.2, 0.25) is 0 Å². The molecular formula is C14H18N6O.